The summed E-state index contributed by atoms with van der Waals surface area (Å²) in [4.78, 5) is 11.8. The molecule has 23 heavy (non-hydrogen) atoms. The summed E-state index contributed by atoms with van der Waals surface area (Å²) < 4.78 is 27.2. The number of nitrogens with zero attached hydrogens (tertiary/aromatic N) is 1. The van der Waals surface area contributed by atoms with Gasteiger partial charge in [-0.15, -0.1) is 0 Å². The first-order valence-corrected chi connectivity index (χ1v) is 8.77. The third-order valence-corrected chi connectivity index (χ3v) is 4.78. The van der Waals surface area contributed by atoms with Crippen molar-refractivity contribution in [1.82, 2.24) is 15.5 Å². The first-order chi connectivity index (χ1) is 10.7. The number of anilines is 1. The lowest BCUT2D eigenvalue weighted by atomic mass is 10.3. The molecule has 0 radical (unpaired) electrons. The summed E-state index contributed by atoms with van der Waals surface area (Å²) in [6, 6.07) is 3.95. The number of H-pyrrole nitrogens is 1. The van der Waals surface area contributed by atoms with Crippen LogP contribution in [0.4, 0.5) is 5.69 Å². The van der Waals surface area contributed by atoms with E-state index in [2.05, 4.69) is 20.2 Å². The molecule has 1 aromatic carbocycles. The highest BCUT2D eigenvalue weighted by molar-refractivity contribution is 7.92. The van der Waals surface area contributed by atoms with Gasteiger partial charge in [0.2, 0.25) is 0 Å². The highest BCUT2D eigenvalue weighted by atomic mass is 35.5. The summed E-state index contributed by atoms with van der Waals surface area (Å²) in [6.45, 7) is 3.56. The molecule has 3 N–H and O–H groups in total. The smallest absolute Gasteiger partial charge is 0.274 e. The lowest BCUT2D eigenvalue weighted by molar-refractivity contribution is 0.0939. The van der Waals surface area contributed by atoms with Gasteiger partial charge < -0.3 is 5.32 Å². The number of sulfonamides is 1. The summed E-state index contributed by atoms with van der Waals surface area (Å²) in [6.07, 6.45) is 1.27. The third-order valence-electron chi connectivity index (χ3n) is 2.70. The Kier molecular flexibility index (Phi) is 5.18. The topological polar surface area (TPSA) is 104 Å². The van der Waals surface area contributed by atoms with Gasteiger partial charge in [0.05, 0.1) is 10.7 Å². The van der Waals surface area contributed by atoms with E-state index in [1.807, 2.05) is 0 Å². The average Bonchev–Trinajstić information content (AvgIpc) is 2.88. The van der Waals surface area contributed by atoms with Gasteiger partial charge >= 0.3 is 0 Å². The van der Waals surface area contributed by atoms with Crippen LogP contribution in [0.25, 0.3) is 0 Å². The molecule has 1 heterocycles. The molecule has 0 saturated heterocycles. The van der Waals surface area contributed by atoms with E-state index < -0.39 is 15.9 Å². The number of amides is 1. The summed E-state index contributed by atoms with van der Waals surface area (Å²) in [5.41, 5.74) is -0.0559. The van der Waals surface area contributed by atoms with E-state index in [1.54, 1.807) is 13.8 Å². The van der Waals surface area contributed by atoms with Crippen LogP contribution >= 0.6 is 23.2 Å². The van der Waals surface area contributed by atoms with Gasteiger partial charge in [0.15, 0.2) is 5.69 Å². The molecule has 0 bridgehead atoms. The Bertz CT molecular complexity index is 833. The van der Waals surface area contributed by atoms with E-state index >= 15 is 0 Å². The van der Waals surface area contributed by atoms with Crippen molar-refractivity contribution in [1.29, 1.82) is 0 Å². The summed E-state index contributed by atoms with van der Waals surface area (Å²) in [5, 5.41) is 9.08. The van der Waals surface area contributed by atoms with Crippen LogP contribution in [0.3, 0.4) is 0 Å². The van der Waals surface area contributed by atoms with Gasteiger partial charge in [0.1, 0.15) is 4.90 Å². The van der Waals surface area contributed by atoms with E-state index in [9.17, 15) is 13.2 Å². The molecular weight excluding hydrogens is 363 g/mol. The molecule has 0 fully saturated rings. The maximum atomic E-state index is 12.4. The standard InChI is InChI=1S/C13H14Cl2N4O3S/c1-7(2)17-13(20)12-10(6-16-18-12)19-23(21,22)11-5-8(14)3-4-9(11)15/h3-7,19H,1-2H3,(H,16,18)(H,17,20). The third kappa shape index (κ3) is 4.15. The van der Waals surface area contributed by atoms with Crippen molar-refractivity contribution >= 4 is 44.8 Å². The number of benzene rings is 1. The molecular formula is C13H14Cl2N4O3S. The Balaban J connectivity index is 2.34. The predicted octanol–water partition coefficient (Wildman–Crippen LogP) is 2.66. The Hall–Kier alpha value is -1.77. The zero-order chi connectivity index (χ0) is 17.2. The first-order valence-electron chi connectivity index (χ1n) is 6.53. The fourth-order valence-corrected chi connectivity index (χ4v) is 3.58. The molecule has 0 aliphatic rings. The van der Waals surface area contributed by atoms with Crippen LogP contribution in [0.15, 0.2) is 29.3 Å². The second-order valence-corrected chi connectivity index (χ2v) is 7.45. The molecule has 7 nitrogen and oxygen atoms in total. The van der Waals surface area contributed by atoms with Crippen LogP contribution in [0.1, 0.15) is 24.3 Å². The van der Waals surface area contributed by atoms with Crippen molar-refractivity contribution in [3.8, 4) is 0 Å². The SMILES string of the molecule is CC(C)NC(=O)c1n[nH]cc1NS(=O)(=O)c1cc(Cl)ccc1Cl. The van der Waals surface area contributed by atoms with Crippen molar-refractivity contribution in [3.05, 3.63) is 40.1 Å². The van der Waals surface area contributed by atoms with Crippen LogP contribution in [0.2, 0.25) is 10.0 Å². The lowest BCUT2D eigenvalue weighted by Crippen LogP contribution is -2.31. The van der Waals surface area contributed by atoms with Crippen molar-refractivity contribution in [2.45, 2.75) is 24.8 Å². The first kappa shape index (κ1) is 17.6. The molecule has 0 saturated carbocycles. The van der Waals surface area contributed by atoms with Gasteiger partial charge in [-0.05, 0) is 32.0 Å². The molecule has 0 unspecified atom stereocenters. The number of halogens is 2. The number of rotatable bonds is 5. The number of carbonyl (C=O) groups is 1. The van der Waals surface area contributed by atoms with E-state index in [4.69, 9.17) is 23.2 Å². The Labute approximate surface area is 143 Å². The monoisotopic (exact) mass is 376 g/mol. The minimum absolute atomic E-state index is 0.0126. The van der Waals surface area contributed by atoms with Gasteiger partial charge in [-0.1, -0.05) is 23.2 Å². The maximum Gasteiger partial charge on any atom is 0.274 e. The normalized spacial score (nSPS) is 11.5. The van der Waals surface area contributed by atoms with Crippen molar-refractivity contribution in [2.24, 2.45) is 0 Å². The van der Waals surface area contributed by atoms with E-state index in [1.165, 1.54) is 24.4 Å². The quantitative estimate of drug-likeness (QED) is 0.745. The van der Waals surface area contributed by atoms with E-state index in [0.29, 0.717) is 0 Å². The summed E-state index contributed by atoms with van der Waals surface area (Å²) in [5.74, 6) is -0.504. The number of aromatic nitrogens is 2. The maximum absolute atomic E-state index is 12.4. The zero-order valence-electron chi connectivity index (χ0n) is 12.2. The minimum Gasteiger partial charge on any atom is -0.348 e. The van der Waals surface area contributed by atoms with Crippen LogP contribution in [-0.4, -0.2) is 30.6 Å². The van der Waals surface area contributed by atoms with Gasteiger partial charge in [-0.2, -0.15) is 5.10 Å². The molecule has 0 spiro atoms. The largest absolute Gasteiger partial charge is 0.348 e. The average molecular weight is 377 g/mol. The van der Waals surface area contributed by atoms with Gasteiger partial charge in [-0.25, -0.2) is 8.42 Å². The van der Waals surface area contributed by atoms with Gasteiger partial charge in [0.25, 0.3) is 15.9 Å². The molecule has 124 valence electrons. The van der Waals surface area contributed by atoms with Crippen LogP contribution in [0.5, 0.6) is 0 Å². The highest BCUT2D eigenvalue weighted by Gasteiger charge is 2.23. The Morgan fingerprint density at radius 1 is 1.30 bits per heavy atom. The van der Waals surface area contributed by atoms with E-state index in [-0.39, 0.29) is 32.4 Å². The number of nitrogens with one attached hydrogen (secondary N) is 3. The van der Waals surface area contributed by atoms with Crippen LogP contribution in [-0.2, 0) is 10.0 Å². The number of hydrogen-bond donors (Lipinski definition) is 3. The number of aromatic amines is 1. The summed E-state index contributed by atoms with van der Waals surface area (Å²) >= 11 is 11.7. The van der Waals surface area contributed by atoms with Crippen molar-refractivity contribution < 1.29 is 13.2 Å². The number of hydrogen-bond acceptors (Lipinski definition) is 4. The van der Waals surface area contributed by atoms with Crippen LogP contribution < -0.4 is 10.0 Å². The van der Waals surface area contributed by atoms with E-state index in [0.717, 1.165) is 0 Å². The second-order valence-electron chi connectivity index (χ2n) is 4.96. The second kappa shape index (κ2) is 6.77. The predicted molar refractivity (Wildman–Crippen MR) is 88.5 cm³/mol. The van der Waals surface area contributed by atoms with Crippen molar-refractivity contribution in [2.75, 3.05) is 4.72 Å². The Morgan fingerprint density at radius 2 is 2.00 bits per heavy atom. The molecule has 0 aliphatic heterocycles. The molecule has 10 heteroatoms. The zero-order valence-corrected chi connectivity index (χ0v) is 14.6. The number of carbonyl (C=O) groups excluding carboxylic acids is 1. The molecule has 0 atom stereocenters. The van der Waals surface area contributed by atoms with Gasteiger partial charge in [-0.3, -0.25) is 14.6 Å². The Morgan fingerprint density at radius 3 is 2.65 bits per heavy atom. The lowest BCUT2D eigenvalue weighted by Gasteiger charge is -2.11. The van der Waals surface area contributed by atoms with Crippen LogP contribution in [0, 0.1) is 0 Å². The molecule has 1 aromatic heterocycles. The van der Waals surface area contributed by atoms with Crippen molar-refractivity contribution in [3.63, 3.8) is 0 Å². The van der Waals surface area contributed by atoms with Gasteiger partial charge in [0, 0.05) is 17.3 Å². The fourth-order valence-electron chi connectivity index (χ4n) is 1.75. The molecule has 2 aromatic rings. The highest BCUT2D eigenvalue weighted by Crippen LogP contribution is 2.27. The fraction of sp³-hybridized carbons (Fsp3) is 0.231. The molecule has 0 aliphatic carbocycles. The molecule has 2 rings (SSSR count). The summed E-state index contributed by atoms with van der Waals surface area (Å²) in [7, 11) is -4.03. The molecule has 1 amide bonds. The minimum atomic E-state index is -4.03.